The van der Waals surface area contributed by atoms with E-state index in [-0.39, 0.29) is 5.60 Å². The maximum Gasteiger partial charge on any atom is 0.169 e. The van der Waals surface area contributed by atoms with E-state index < -0.39 is 5.79 Å². The largest absolute Gasteiger partial charge is 0.365 e. The zero-order valence-corrected chi connectivity index (χ0v) is 13.2. The predicted octanol–water partition coefficient (Wildman–Crippen LogP) is 4.46. The van der Waals surface area contributed by atoms with Crippen LogP contribution in [0.2, 0.25) is 0 Å². The lowest BCUT2D eigenvalue weighted by atomic mass is 9.80. The van der Waals surface area contributed by atoms with E-state index in [1.807, 2.05) is 0 Å². The first kappa shape index (κ1) is 15.1. The van der Waals surface area contributed by atoms with Crippen LogP contribution < -0.4 is 0 Å². The highest BCUT2D eigenvalue weighted by molar-refractivity contribution is 5.20. The summed E-state index contributed by atoms with van der Waals surface area (Å²) in [5.41, 5.74) is 1.34. The summed E-state index contributed by atoms with van der Waals surface area (Å²) in [6.45, 7) is 2.25. The average molecular weight is 288 g/mol. The van der Waals surface area contributed by atoms with Gasteiger partial charge in [0.25, 0.3) is 0 Å². The monoisotopic (exact) mass is 288 g/mol. The molecule has 2 nitrogen and oxygen atoms in total. The van der Waals surface area contributed by atoms with Gasteiger partial charge in [0, 0.05) is 12.8 Å². The third-order valence-corrected chi connectivity index (χ3v) is 5.31. The molecule has 21 heavy (non-hydrogen) atoms. The highest BCUT2D eigenvalue weighted by Crippen LogP contribution is 2.60. The van der Waals surface area contributed by atoms with E-state index in [0.717, 1.165) is 25.7 Å². The molecule has 1 aromatic rings. The normalized spacial score (nSPS) is 33.9. The van der Waals surface area contributed by atoms with E-state index >= 15 is 0 Å². The minimum atomic E-state index is -0.803. The molecule has 3 aliphatic rings. The van der Waals surface area contributed by atoms with E-state index in [0.29, 0.717) is 5.92 Å². The summed E-state index contributed by atoms with van der Waals surface area (Å²) in [6.07, 6.45) is 10.3. The molecule has 1 aliphatic carbocycles. The smallest absolute Gasteiger partial charge is 0.169 e. The van der Waals surface area contributed by atoms with Crippen molar-refractivity contribution in [3.63, 3.8) is 0 Å². The Morgan fingerprint density at radius 1 is 1.14 bits per heavy atom. The summed E-state index contributed by atoms with van der Waals surface area (Å²) in [5, 5.41) is 10.3. The Labute approximate surface area is 128 Å². The third kappa shape index (κ3) is 3.17. The van der Waals surface area contributed by atoms with E-state index in [1.54, 1.807) is 0 Å². The number of aliphatic hydroxyl groups is 1. The molecule has 0 radical (unpaired) electrons. The van der Waals surface area contributed by atoms with Crippen LogP contribution >= 0.6 is 0 Å². The van der Waals surface area contributed by atoms with E-state index in [2.05, 4.69) is 37.3 Å². The van der Waals surface area contributed by atoms with E-state index in [9.17, 15) is 5.11 Å². The highest BCUT2D eigenvalue weighted by Gasteiger charge is 2.66. The number of fused-ring (bicyclic) bond motifs is 1. The van der Waals surface area contributed by atoms with E-state index in [1.165, 1.54) is 37.7 Å². The molecular formula is C19H28O2. The maximum absolute atomic E-state index is 10.3. The Morgan fingerprint density at radius 2 is 1.86 bits per heavy atom. The van der Waals surface area contributed by atoms with Crippen LogP contribution in [0.5, 0.6) is 0 Å². The van der Waals surface area contributed by atoms with E-state index in [4.69, 9.17) is 4.74 Å². The summed E-state index contributed by atoms with van der Waals surface area (Å²) in [7, 11) is 0. The molecule has 0 amide bonds. The quantitative estimate of drug-likeness (QED) is 0.716. The fourth-order valence-corrected chi connectivity index (χ4v) is 4.28. The zero-order chi connectivity index (χ0) is 14.8. The molecule has 0 spiro atoms. The second kappa shape index (κ2) is 6.10. The van der Waals surface area contributed by atoms with Crippen molar-refractivity contribution in [2.24, 2.45) is 5.92 Å². The second-order valence-electron chi connectivity index (χ2n) is 7.04. The lowest BCUT2D eigenvalue weighted by Gasteiger charge is -2.46. The van der Waals surface area contributed by atoms with Crippen molar-refractivity contribution >= 4 is 0 Å². The van der Waals surface area contributed by atoms with Crippen molar-refractivity contribution in [1.29, 1.82) is 0 Å². The number of rotatable bonds is 8. The Bertz CT molecular complexity index is 448. The van der Waals surface area contributed by atoms with Crippen LogP contribution in [0.15, 0.2) is 30.3 Å². The van der Waals surface area contributed by atoms with Gasteiger partial charge in [0.1, 0.15) is 0 Å². The molecule has 3 fully saturated rings. The van der Waals surface area contributed by atoms with Crippen molar-refractivity contribution in [1.82, 2.24) is 0 Å². The molecule has 1 N–H and O–H groups in total. The van der Waals surface area contributed by atoms with Gasteiger partial charge in [-0.05, 0) is 24.3 Å². The summed E-state index contributed by atoms with van der Waals surface area (Å²) in [6, 6.07) is 10.6. The standard InChI is InChI=1S/C19H28O2/c1-2-3-4-5-9-12-18-15-19(20,21-18)14-17(18)13-16-10-7-6-8-11-16/h6-8,10-11,17,20H,2-5,9,12-15H2,1H3. The zero-order valence-electron chi connectivity index (χ0n) is 13.2. The van der Waals surface area contributed by atoms with Gasteiger partial charge in [-0.2, -0.15) is 0 Å². The number of unbranched alkanes of at least 4 members (excludes halogenated alkanes) is 4. The van der Waals surface area contributed by atoms with Gasteiger partial charge < -0.3 is 9.84 Å². The summed E-state index contributed by atoms with van der Waals surface area (Å²) in [5.74, 6) is -0.320. The molecule has 1 aromatic carbocycles. The van der Waals surface area contributed by atoms with Crippen molar-refractivity contribution < 1.29 is 9.84 Å². The van der Waals surface area contributed by atoms with Gasteiger partial charge in [0.05, 0.1) is 5.60 Å². The Kier molecular flexibility index (Phi) is 4.37. The first-order valence-electron chi connectivity index (χ1n) is 8.62. The molecule has 116 valence electrons. The van der Waals surface area contributed by atoms with Crippen LogP contribution in [0.1, 0.15) is 63.9 Å². The molecule has 4 rings (SSSR count). The lowest BCUT2D eigenvalue weighted by molar-refractivity contribution is -0.328. The maximum atomic E-state index is 10.3. The first-order valence-corrected chi connectivity index (χ1v) is 8.62. The molecule has 2 saturated heterocycles. The van der Waals surface area contributed by atoms with Gasteiger partial charge in [0.2, 0.25) is 0 Å². The van der Waals surface area contributed by atoms with Crippen molar-refractivity contribution in [3.05, 3.63) is 35.9 Å². The molecule has 2 heteroatoms. The minimum absolute atomic E-state index is 0.0309. The van der Waals surface area contributed by atoms with Gasteiger partial charge in [-0.25, -0.2) is 0 Å². The lowest BCUT2D eigenvalue weighted by Crippen LogP contribution is -2.53. The summed E-state index contributed by atoms with van der Waals surface area (Å²) in [4.78, 5) is 0. The van der Waals surface area contributed by atoms with Gasteiger partial charge in [-0.1, -0.05) is 69.4 Å². The SMILES string of the molecule is CCCCCCCC12CC(O)(CC1Cc1ccccc1)O2. The Balaban J connectivity index is 1.56. The van der Waals surface area contributed by atoms with Gasteiger partial charge in [-0.3, -0.25) is 0 Å². The van der Waals surface area contributed by atoms with Crippen molar-refractivity contribution in [3.8, 4) is 0 Å². The van der Waals surface area contributed by atoms with Crippen molar-refractivity contribution in [2.75, 3.05) is 0 Å². The van der Waals surface area contributed by atoms with Crippen molar-refractivity contribution in [2.45, 2.75) is 76.1 Å². The second-order valence-corrected chi connectivity index (χ2v) is 7.04. The van der Waals surface area contributed by atoms with Crippen LogP contribution in [0, 0.1) is 5.92 Å². The average Bonchev–Trinajstić information content (AvgIpc) is 2.86. The molecule has 1 saturated carbocycles. The third-order valence-electron chi connectivity index (χ3n) is 5.31. The topological polar surface area (TPSA) is 29.5 Å². The number of hydrogen-bond acceptors (Lipinski definition) is 2. The number of hydrogen-bond donors (Lipinski definition) is 1. The Morgan fingerprint density at radius 3 is 2.57 bits per heavy atom. The molecule has 2 heterocycles. The fourth-order valence-electron chi connectivity index (χ4n) is 4.28. The molecule has 3 unspecified atom stereocenters. The summed E-state index contributed by atoms with van der Waals surface area (Å²) < 4.78 is 5.97. The molecule has 2 bridgehead atoms. The molecular weight excluding hydrogens is 260 g/mol. The first-order chi connectivity index (χ1) is 10.2. The number of ether oxygens (including phenoxy) is 1. The molecule has 3 atom stereocenters. The van der Waals surface area contributed by atoms with Crippen LogP contribution in [-0.4, -0.2) is 16.5 Å². The van der Waals surface area contributed by atoms with Gasteiger partial charge in [-0.15, -0.1) is 0 Å². The van der Waals surface area contributed by atoms with Crippen LogP contribution in [0.3, 0.4) is 0 Å². The molecule has 2 aliphatic heterocycles. The van der Waals surface area contributed by atoms with Crippen LogP contribution in [-0.2, 0) is 11.2 Å². The Hall–Kier alpha value is -0.860. The van der Waals surface area contributed by atoms with Crippen LogP contribution in [0.4, 0.5) is 0 Å². The number of benzene rings is 1. The van der Waals surface area contributed by atoms with Crippen LogP contribution in [0.25, 0.3) is 0 Å². The minimum Gasteiger partial charge on any atom is -0.365 e. The summed E-state index contributed by atoms with van der Waals surface area (Å²) >= 11 is 0. The predicted molar refractivity (Wildman–Crippen MR) is 85.0 cm³/mol. The fraction of sp³-hybridized carbons (Fsp3) is 0.684. The molecule has 0 aromatic heterocycles. The van der Waals surface area contributed by atoms with Gasteiger partial charge >= 0.3 is 0 Å². The highest BCUT2D eigenvalue weighted by atomic mass is 16.7. The van der Waals surface area contributed by atoms with Gasteiger partial charge in [0.15, 0.2) is 5.79 Å².